The highest BCUT2D eigenvalue weighted by atomic mass is 31.1. The second-order valence-corrected chi connectivity index (χ2v) is 3.82. The SMILES string of the molecule is CP1CC=CC1=O. The number of carbonyl (C=O) groups is 1. The fourth-order valence-electron chi connectivity index (χ4n) is 0.529. The van der Waals surface area contributed by atoms with E-state index in [4.69, 9.17) is 0 Å². The molecule has 1 aliphatic heterocycles. The van der Waals surface area contributed by atoms with Crippen molar-refractivity contribution in [3.8, 4) is 0 Å². The second kappa shape index (κ2) is 1.75. The lowest BCUT2D eigenvalue weighted by atomic mass is 10.6. The van der Waals surface area contributed by atoms with Crippen LogP contribution >= 0.6 is 7.92 Å². The topological polar surface area (TPSA) is 17.1 Å². The minimum Gasteiger partial charge on any atom is -0.290 e. The van der Waals surface area contributed by atoms with E-state index in [1.807, 2.05) is 12.7 Å². The monoisotopic (exact) mass is 114 g/mol. The number of rotatable bonds is 0. The lowest BCUT2D eigenvalue weighted by Gasteiger charge is -1.92. The summed E-state index contributed by atoms with van der Waals surface area (Å²) < 4.78 is 0. The molecule has 0 saturated heterocycles. The summed E-state index contributed by atoms with van der Waals surface area (Å²) in [5, 5.41) is 0. The first kappa shape index (κ1) is 4.99. The molecule has 1 heterocycles. The van der Waals surface area contributed by atoms with E-state index in [2.05, 4.69) is 0 Å². The van der Waals surface area contributed by atoms with Crippen molar-refractivity contribution in [2.45, 2.75) is 0 Å². The van der Waals surface area contributed by atoms with Crippen LogP contribution in [0.25, 0.3) is 0 Å². The normalized spacial score (nSPS) is 29.3. The number of allylic oxidation sites excluding steroid dienone is 2. The Labute approximate surface area is 44.2 Å². The molecule has 1 atom stereocenters. The summed E-state index contributed by atoms with van der Waals surface area (Å²) in [7, 11) is -0.276. The fourth-order valence-corrected chi connectivity index (χ4v) is 1.49. The Morgan fingerprint density at radius 3 is 2.71 bits per heavy atom. The van der Waals surface area contributed by atoms with Gasteiger partial charge in [-0.15, -0.1) is 0 Å². The molecule has 0 amide bonds. The fraction of sp³-hybridized carbons (Fsp3) is 0.400. The van der Waals surface area contributed by atoms with E-state index in [9.17, 15) is 4.79 Å². The zero-order chi connectivity index (χ0) is 5.28. The summed E-state index contributed by atoms with van der Waals surface area (Å²) in [4.78, 5) is 10.5. The molecular weight excluding hydrogens is 107 g/mol. The predicted molar refractivity (Wildman–Crippen MR) is 31.9 cm³/mol. The molecule has 0 saturated carbocycles. The smallest absolute Gasteiger partial charge is 0.176 e. The van der Waals surface area contributed by atoms with E-state index < -0.39 is 0 Å². The van der Waals surface area contributed by atoms with E-state index in [1.54, 1.807) is 6.08 Å². The van der Waals surface area contributed by atoms with Crippen LogP contribution in [0.15, 0.2) is 12.2 Å². The third-order valence-corrected chi connectivity index (χ3v) is 2.68. The van der Waals surface area contributed by atoms with Gasteiger partial charge in [-0.25, -0.2) is 0 Å². The van der Waals surface area contributed by atoms with Crippen molar-refractivity contribution in [3.63, 3.8) is 0 Å². The largest absolute Gasteiger partial charge is 0.290 e. The van der Waals surface area contributed by atoms with Crippen LogP contribution in [-0.4, -0.2) is 18.4 Å². The Hall–Kier alpha value is -0.160. The molecule has 0 aromatic heterocycles. The van der Waals surface area contributed by atoms with Crippen molar-refractivity contribution < 1.29 is 4.79 Å². The third-order valence-electron chi connectivity index (χ3n) is 1.02. The average molecular weight is 114 g/mol. The van der Waals surface area contributed by atoms with Gasteiger partial charge < -0.3 is 0 Å². The summed E-state index contributed by atoms with van der Waals surface area (Å²) in [6, 6.07) is 0. The number of hydrogen-bond donors (Lipinski definition) is 0. The molecular formula is C5H7OP. The molecule has 0 bridgehead atoms. The maximum absolute atomic E-state index is 10.5. The molecule has 2 heteroatoms. The van der Waals surface area contributed by atoms with E-state index in [1.165, 1.54) is 0 Å². The maximum Gasteiger partial charge on any atom is 0.176 e. The molecule has 0 fully saturated rings. The molecule has 1 rings (SSSR count). The zero-order valence-corrected chi connectivity index (χ0v) is 5.11. The maximum atomic E-state index is 10.5. The summed E-state index contributed by atoms with van der Waals surface area (Å²) in [6.07, 6.45) is 4.65. The molecule has 1 aliphatic rings. The van der Waals surface area contributed by atoms with E-state index >= 15 is 0 Å². The third kappa shape index (κ3) is 0.889. The average Bonchev–Trinajstić information content (AvgIpc) is 1.91. The van der Waals surface area contributed by atoms with Gasteiger partial charge in [-0.05, 0) is 26.8 Å². The summed E-state index contributed by atoms with van der Waals surface area (Å²) in [5.41, 5.74) is 0.343. The Balaban J connectivity index is 2.62. The van der Waals surface area contributed by atoms with Crippen molar-refractivity contribution in [2.24, 2.45) is 0 Å². The first-order chi connectivity index (χ1) is 3.30. The molecule has 1 unspecified atom stereocenters. The molecule has 0 aromatic carbocycles. The van der Waals surface area contributed by atoms with Crippen LogP contribution in [0.5, 0.6) is 0 Å². The van der Waals surface area contributed by atoms with Crippen molar-refractivity contribution in [1.82, 2.24) is 0 Å². The molecule has 0 spiro atoms. The molecule has 0 radical (unpaired) electrons. The molecule has 38 valence electrons. The van der Waals surface area contributed by atoms with Crippen LogP contribution in [0.1, 0.15) is 0 Å². The van der Waals surface area contributed by atoms with Crippen LogP contribution in [0.3, 0.4) is 0 Å². The van der Waals surface area contributed by atoms with Gasteiger partial charge in [0, 0.05) is 0 Å². The van der Waals surface area contributed by atoms with Crippen molar-refractivity contribution in [1.29, 1.82) is 0 Å². The van der Waals surface area contributed by atoms with Gasteiger partial charge in [0.25, 0.3) is 0 Å². The molecule has 1 nitrogen and oxygen atoms in total. The van der Waals surface area contributed by atoms with E-state index in [0.717, 1.165) is 6.16 Å². The first-order valence-electron chi connectivity index (χ1n) is 2.22. The van der Waals surface area contributed by atoms with Crippen LogP contribution in [0.2, 0.25) is 0 Å². The Kier molecular flexibility index (Phi) is 1.25. The van der Waals surface area contributed by atoms with Gasteiger partial charge in [-0.2, -0.15) is 0 Å². The van der Waals surface area contributed by atoms with Crippen molar-refractivity contribution in [3.05, 3.63) is 12.2 Å². The molecule has 0 aromatic rings. The lowest BCUT2D eigenvalue weighted by molar-refractivity contribution is -0.107. The van der Waals surface area contributed by atoms with Crippen LogP contribution < -0.4 is 0 Å². The minimum absolute atomic E-state index is 0.276. The predicted octanol–water partition coefficient (Wildman–Crippen LogP) is 1.19. The van der Waals surface area contributed by atoms with Crippen LogP contribution in [0.4, 0.5) is 0 Å². The quantitative estimate of drug-likeness (QED) is 0.432. The van der Waals surface area contributed by atoms with Gasteiger partial charge in [0.05, 0.1) is 0 Å². The van der Waals surface area contributed by atoms with Gasteiger partial charge in [0.1, 0.15) is 0 Å². The van der Waals surface area contributed by atoms with Crippen LogP contribution in [-0.2, 0) is 4.79 Å². The van der Waals surface area contributed by atoms with E-state index in [-0.39, 0.29) is 7.92 Å². The molecule has 0 N–H and O–H groups in total. The summed E-state index contributed by atoms with van der Waals surface area (Å²) in [6.45, 7) is 2.01. The second-order valence-electron chi connectivity index (χ2n) is 1.62. The van der Waals surface area contributed by atoms with Gasteiger partial charge in [0.2, 0.25) is 0 Å². The van der Waals surface area contributed by atoms with E-state index in [0.29, 0.717) is 5.52 Å². The van der Waals surface area contributed by atoms with Gasteiger partial charge in [0.15, 0.2) is 5.52 Å². The number of carbonyl (C=O) groups excluding carboxylic acids is 1. The summed E-state index contributed by atoms with van der Waals surface area (Å²) in [5.74, 6) is 0. The van der Waals surface area contributed by atoms with Gasteiger partial charge in [-0.3, -0.25) is 4.79 Å². The van der Waals surface area contributed by atoms with Crippen molar-refractivity contribution >= 4 is 13.4 Å². The zero-order valence-electron chi connectivity index (χ0n) is 4.22. The highest BCUT2D eigenvalue weighted by Gasteiger charge is 2.11. The minimum atomic E-state index is -0.276. The highest BCUT2D eigenvalue weighted by Crippen LogP contribution is 2.35. The summed E-state index contributed by atoms with van der Waals surface area (Å²) >= 11 is 0. The Morgan fingerprint density at radius 2 is 2.57 bits per heavy atom. The molecule has 7 heavy (non-hydrogen) atoms. The van der Waals surface area contributed by atoms with Crippen LogP contribution in [0, 0.1) is 0 Å². The molecule has 0 aliphatic carbocycles. The lowest BCUT2D eigenvalue weighted by Crippen LogP contribution is -1.80. The number of hydrogen-bond acceptors (Lipinski definition) is 1. The first-order valence-corrected chi connectivity index (χ1v) is 4.20. The van der Waals surface area contributed by atoms with Gasteiger partial charge >= 0.3 is 0 Å². The highest BCUT2D eigenvalue weighted by molar-refractivity contribution is 7.75. The Morgan fingerprint density at radius 1 is 1.86 bits per heavy atom. The van der Waals surface area contributed by atoms with Gasteiger partial charge in [-0.1, -0.05) is 6.08 Å². The standard InChI is InChI=1S/C5H7OP/c1-7-4-2-3-5(7)6/h2-3H,4H2,1H3. The van der Waals surface area contributed by atoms with Crippen molar-refractivity contribution in [2.75, 3.05) is 12.8 Å². The Bertz CT molecular complexity index is 117.